The van der Waals surface area contributed by atoms with E-state index >= 15 is 0 Å². The van der Waals surface area contributed by atoms with E-state index in [0.717, 1.165) is 21.5 Å². The number of hydrogen-bond donors (Lipinski definition) is 1. The van der Waals surface area contributed by atoms with E-state index in [-0.39, 0.29) is 12.1 Å². The molecule has 6 nitrogen and oxygen atoms in total. The zero-order chi connectivity index (χ0) is 14.4. The van der Waals surface area contributed by atoms with E-state index in [9.17, 15) is 9.59 Å². The minimum atomic E-state index is -0.570. The first-order chi connectivity index (χ1) is 9.47. The number of carbonyl (C=O) groups excluding carboxylic acids is 1. The Bertz CT molecular complexity index is 910. The summed E-state index contributed by atoms with van der Waals surface area (Å²) in [4.78, 5) is 32.8. The van der Waals surface area contributed by atoms with Gasteiger partial charge in [0, 0.05) is 11.1 Å². The summed E-state index contributed by atoms with van der Waals surface area (Å²) < 4.78 is 1.72. The molecule has 3 rings (SSSR count). The van der Waals surface area contributed by atoms with Crippen LogP contribution in [0.5, 0.6) is 0 Å². The Balaban J connectivity index is 2.36. The number of hydrogen-bond acceptors (Lipinski definition) is 5. The molecule has 0 aliphatic carbocycles. The molecule has 2 N–H and O–H groups in total. The van der Waals surface area contributed by atoms with Gasteiger partial charge in [-0.1, -0.05) is 0 Å². The van der Waals surface area contributed by atoms with Crippen LogP contribution in [0.3, 0.4) is 0 Å². The number of aromatic nitrogens is 3. The van der Waals surface area contributed by atoms with Gasteiger partial charge in [-0.05, 0) is 25.5 Å². The van der Waals surface area contributed by atoms with E-state index in [2.05, 4.69) is 9.97 Å². The van der Waals surface area contributed by atoms with Crippen LogP contribution in [0.2, 0.25) is 0 Å². The average Bonchev–Trinajstić information content (AvgIpc) is 2.72. The Kier molecular flexibility index (Phi) is 2.79. The molecule has 0 aliphatic rings. The molecular formula is C13H12N4O2S. The number of nitrogens with two attached hydrogens (primary N) is 1. The van der Waals surface area contributed by atoms with Gasteiger partial charge in [-0.15, -0.1) is 11.3 Å². The number of thiophene rings is 1. The van der Waals surface area contributed by atoms with Gasteiger partial charge in [0.2, 0.25) is 5.91 Å². The molecule has 0 unspecified atom stereocenters. The maximum absolute atomic E-state index is 12.3. The maximum atomic E-state index is 12.3. The molecule has 0 saturated heterocycles. The molecule has 1 amide bonds. The summed E-state index contributed by atoms with van der Waals surface area (Å²) in [5, 5.41) is 0.872. The number of nitrogens with zero attached hydrogens (tertiary/aromatic N) is 3. The van der Waals surface area contributed by atoms with Crippen LogP contribution in [0.15, 0.2) is 17.2 Å². The van der Waals surface area contributed by atoms with E-state index < -0.39 is 5.91 Å². The van der Waals surface area contributed by atoms with Gasteiger partial charge in [-0.25, -0.2) is 9.97 Å². The highest BCUT2D eigenvalue weighted by atomic mass is 32.1. The number of rotatable bonds is 2. The largest absolute Gasteiger partial charge is 0.368 e. The molecule has 3 aromatic rings. The molecule has 0 fully saturated rings. The van der Waals surface area contributed by atoms with Crippen LogP contribution in [0.4, 0.5) is 0 Å². The number of primary amides is 1. The fraction of sp³-hybridized carbons (Fsp3) is 0.231. The van der Waals surface area contributed by atoms with Gasteiger partial charge in [0.15, 0.2) is 0 Å². The molecule has 0 atom stereocenters. The summed E-state index contributed by atoms with van der Waals surface area (Å²) in [6.07, 6.45) is 1.36. The third-order valence-corrected chi connectivity index (χ3v) is 4.28. The quantitative estimate of drug-likeness (QED) is 0.764. The van der Waals surface area contributed by atoms with Crippen LogP contribution in [0.25, 0.3) is 20.4 Å². The summed E-state index contributed by atoms with van der Waals surface area (Å²) in [7, 11) is 0. The number of amides is 1. The Hall–Kier alpha value is -2.28. The Morgan fingerprint density at radius 2 is 2.20 bits per heavy atom. The lowest BCUT2D eigenvalue weighted by molar-refractivity contribution is -0.118. The SMILES string of the molecule is Cc1cc2c(nc1C)sc1c(=O)n(CC(N)=O)cnc12. The maximum Gasteiger partial charge on any atom is 0.271 e. The number of aryl methyl sites for hydroxylation is 2. The summed E-state index contributed by atoms with van der Waals surface area (Å²) in [6, 6.07) is 1.99. The molecule has 102 valence electrons. The van der Waals surface area contributed by atoms with Gasteiger partial charge in [-0.3, -0.25) is 14.2 Å². The van der Waals surface area contributed by atoms with Crippen LogP contribution >= 0.6 is 11.3 Å². The van der Waals surface area contributed by atoms with Gasteiger partial charge in [-0.2, -0.15) is 0 Å². The van der Waals surface area contributed by atoms with Gasteiger partial charge in [0.1, 0.15) is 16.1 Å². The van der Waals surface area contributed by atoms with Crippen molar-refractivity contribution in [1.82, 2.24) is 14.5 Å². The monoisotopic (exact) mass is 288 g/mol. The molecule has 0 radical (unpaired) electrons. The summed E-state index contributed by atoms with van der Waals surface area (Å²) in [6.45, 7) is 3.74. The molecule has 3 aromatic heterocycles. The van der Waals surface area contributed by atoms with E-state index in [4.69, 9.17) is 5.73 Å². The van der Waals surface area contributed by atoms with Crippen molar-refractivity contribution in [2.75, 3.05) is 0 Å². The van der Waals surface area contributed by atoms with Crippen molar-refractivity contribution >= 4 is 37.7 Å². The molecule has 0 saturated carbocycles. The zero-order valence-corrected chi connectivity index (χ0v) is 11.8. The molecule has 7 heteroatoms. The van der Waals surface area contributed by atoms with Crippen LogP contribution in [-0.4, -0.2) is 20.4 Å². The van der Waals surface area contributed by atoms with Crippen molar-refractivity contribution in [1.29, 1.82) is 0 Å². The van der Waals surface area contributed by atoms with Crippen molar-refractivity contribution < 1.29 is 4.79 Å². The highest BCUT2D eigenvalue weighted by Gasteiger charge is 2.14. The lowest BCUT2D eigenvalue weighted by Crippen LogP contribution is -2.27. The number of pyridine rings is 1. The summed E-state index contributed by atoms with van der Waals surface area (Å²) >= 11 is 1.29. The minimum absolute atomic E-state index is 0.165. The van der Waals surface area contributed by atoms with Crippen molar-refractivity contribution in [3.05, 3.63) is 34.0 Å². The van der Waals surface area contributed by atoms with Crippen LogP contribution in [0.1, 0.15) is 11.3 Å². The molecular weight excluding hydrogens is 276 g/mol. The molecule has 20 heavy (non-hydrogen) atoms. The minimum Gasteiger partial charge on any atom is -0.368 e. The highest BCUT2D eigenvalue weighted by molar-refractivity contribution is 7.25. The average molecular weight is 288 g/mol. The van der Waals surface area contributed by atoms with Crippen molar-refractivity contribution in [2.45, 2.75) is 20.4 Å². The van der Waals surface area contributed by atoms with Crippen LogP contribution in [-0.2, 0) is 11.3 Å². The molecule has 0 spiro atoms. The third-order valence-electron chi connectivity index (χ3n) is 3.21. The second-order valence-corrected chi connectivity index (χ2v) is 5.67. The Morgan fingerprint density at radius 1 is 1.45 bits per heavy atom. The van der Waals surface area contributed by atoms with Gasteiger partial charge in [0.25, 0.3) is 5.56 Å². The summed E-state index contributed by atoms with van der Waals surface area (Å²) in [5.41, 5.74) is 7.48. The Morgan fingerprint density at radius 3 is 2.90 bits per heavy atom. The third kappa shape index (κ3) is 1.87. The van der Waals surface area contributed by atoms with E-state index in [1.54, 1.807) is 0 Å². The first-order valence-corrected chi connectivity index (χ1v) is 6.83. The topological polar surface area (TPSA) is 90.9 Å². The lowest BCUT2D eigenvalue weighted by Gasteiger charge is -2.01. The van der Waals surface area contributed by atoms with Gasteiger partial charge < -0.3 is 5.73 Å². The smallest absolute Gasteiger partial charge is 0.271 e. The van der Waals surface area contributed by atoms with E-state index in [1.807, 2.05) is 19.9 Å². The van der Waals surface area contributed by atoms with E-state index in [0.29, 0.717) is 10.2 Å². The number of carbonyl (C=O) groups is 1. The van der Waals surface area contributed by atoms with Crippen LogP contribution < -0.4 is 11.3 Å². The van der Waals surface area contributed by atoms with Crippen molar-refractivity contribution in [3.8, 4) is 0 Å². The predicted molar refractivity (Wildman–Crippen MR) is 77.8 cm³/mol. The van der Waals surface area contributed by atoms with E-state index in [1.165, 1.54) is 22.2 Å². The number of fused-ring (bicyclic) bond motifs is 3. The van der Waals surface area contributed by atoms with Crippen LogP contribution in [0, 0.1) is 13.8 Å². The second-order valence-electron chi connectivity index (χ2n) is 4.67. The first-order valence-electron chi connectivity index (χ1n) is 6.01. The first kappa shape index (κ1) is 12.7. The standard InChI is InChI=1S/C13H12N4O2S/c1-6-3-8-10-11(20-12(8)16-7(6)2)13(19)17(5-15-10)4-9(14)18/h3,5H,4H2,1-2H3,(H2,14,18). The zero-order valence-electron chi connectivity index (χ0n) is 11.0. The predicted octanol–water partition coefficient (Wildman–Crippen LogP) is 1.11. The van der Waals surface area contributed by atoms with Gasteiger partial charge >= 0.3 is 0 Å². The highest BCUT2D eigenvalue weighted by Crippen LogP contribution is 2.30. The van der Waals surface area contributed by atoms with Crippen molar-refractivity contribution in [3.63, 3.8) is 0 Å². The fourth-order valence-corrected chi connectivity index (χ4v) is 3.17. The summed E-state index contributed by atoms with van der Waals surface area (Å²) in [5.74, 6) is -0.570. The normalized spacial score (nSPS) is 11.3. The second kappa shape index (κ2) is 4.38. The Labute approximate surface area is 117 Å². The fourth-order valence-electron chi connectivity index (χ4n) is 2.06. The molecule has 0 aromatic carbocycles. The van der Waals surface area contributed by atoms with Crippen molar-refractivity contribution in [2.24, 2.45) is 5.73 Å². The van der Waals surface area contributed by atoms with Gasteiger partial charge in [0.05, 0.1) is 11.8 Å². The molecule has 0 aliphatic heterocycles. The lowest BCUT2D eigenvalue weighted by atomic mass is 10.2. The molecule has 0 bridgehead atoms. The molecule has 3 heterocycles.